The van der Waals surface area contributed by atoms with E-state index in [4.69, 9.17) is 0 Å². The Kier molecular flexibility index (Phi) is 6.14. The molecule has 0 radical (unpaired) electrons. The number of aromatic nitrogens is 2. The van der Waals surface area contributed by atoms with Crippen molar-refractivity contribution in [1.82, 2.24) is 19.8 Å². The van der Waals surface area contributed by atoms with Crippen molar-refractivity contribution in [2.75, 3.05) is 44.2 Å². The van der Waals surface area contributed by atoms with Crippen LogP contribution >= 0.6 is 0 Å². The molecular formula is C20H31N5O. The van der Waals surface area contributed by atoms with Crippen LogP contribution in [0.4, 0.5) is 10.5 Å². The average molecular weight is 358 g/mol. The van der Waals surface area contributed by atoms with Crippen molar-refractivity contribution >= 4 is 22.8 Å². The van der Waals surface area contributed by atoms with E-state index in [9.17, 15) is 4.79 Å². The van der Waals surface area contributed by atoms with Crippen molar-refractivity contribution in [1.29, 1.82) is 0 Å². The van der Waals surface area contributed by atoms with Gasteiger partial charge in [-0.3, -0.25) is 9.47 Å². The van der Waals surface area contributed by atoms with Gasteiger partial charge >= 0.3 is 6.03 Å². The minimum atomic E-state index is -0.0990. The number of para-hydroxylation sites is 1. The highest BCUT2D eigenvalue weighted by Gasteiger charge is 2.20. The number of carbonyl (C=O) groups is 1. The molecule has 1 aromatic heterocycles. The lowest BCUT2D eigenvalue weighted by Gasteiger charge is -2.36. The molecule has 26 heavy (non-hydrogen) atoms. The van der Waals surface area contributed by atoms with Gasteiger partial charge in [0.2, 0.25) is 0 Å². The molecular weight excluding hydrogens is 326 g/mol. The summed E-state index contributed by atoms with van der Waals surface area (Å²) in [5.41, 5.74) is 2.92. The Bertz CT molecular complexity index is 731. The van der Waals surface area contributed by atoms with Crippen molar-refractivity contribution in [2.45, 2.75) is 33.6 Å². The summed E-state index contributed by atoms with van der Waals surface area (Å²) in [5.74, 6) is 0.577. The van der Waals surface area contributed by atoms with Gasteiger partial charge in [-0.1, -0.05) is 26.8 Å². The van der Waals surface area contributed by atoms with E-state index >= 15 is 0 Å². The molecule has 0 saturated carbocycles. The number of benzene rings is 1. The maximum atomic E-state index is 12.5. The fourth-order valence-electron chi connectivity index (χ4n) is 3.52. The van der Waals surface area contributed by atoms with Crippen LogP contribution in [-0.4, -0.2) is 59.8 Å². The quantitative estimate of drug-likeness (QED) is 0.863. The molecule has 2 aromatic rings. The summed E-state index contributed by atoms with van der Waals surface area (Å²) >= 11 is 0. The van der Waals surface area contributed by atoms with Crippen molar-refractivity contribution < 1.29 is 4.79 Å². The second-order valence-corrected chi connectivity index (χ2v) is 7.50. The number of nitrogens with zero attached hydrogens (tertiary/aromatic N) is 4. The summed E-state index contributed by atoms with van der Waals surface area (Å²) in [6, 6.07) is 6.01. The molecule has 0 aliphatic carbocycles. The number of carbonyl (C=O) groups excluding carboxylic acids is 1. The zero-order valence-corrected chi connectivity index (χ0v) is 16.2. The number of fused-ring (bicyclic) bond motifs is 1. The zero-order chi connectivity index (χ0) is 18.5. The number of imidazole rings is 1. The van der Waals surface area contributed by atoms with E-state index in [1.165, 1.54) is 13.0 Å². The monoisotopic (exact) mass is 357 g/mol. The van der Waals surface area contributed by atoms with Gasteiger partial charge in [0, 0.05) is 32.7 Å². The second kappa shape index (κ2) is 8.54. The third-order valence-corrected chi connectivity index (χ3v) is 5.02. The molecule has 1 fully saturated rings. The van der Waals surface area contributed by atoms with Crippen molar-refractivity contribution in [3.8, 4) is 0 Å². The van der Waals surface area contributed by atoms with Crippen LogP contribution in [0.3, 0.4) is 0 Å². The first-order valence-electron chi connectivity index (χ1n) is 9.81. The molecule has 1 amide bonds. The Hall–Kier alpha value is -2.08. The van der Waals surface area contributed by atoms with Gasteiger partial charge in [0.1, 0.15) is 11.8 Å². The number of hydrogen-bond acceptors (Lipinski definition) is 4. The lowest BCUT2D eigenvalue weighted by molar-refractivity contribution is 0.242. The van der Waals surface area contributed by atoms with E-state index < -0.39 is 0 Å². The molecule has 1 aliphatic heterocycles. The van der Waals surface area contributed by atoms with Crippen LogP contribution in [0.5, 0.6) is 0 Å². The van der Waals surface area contributed by atoms with Gasteiger partial charge in [0.05, 0.1) is 11.2 Å². The van der Waals surface area contributed by atoms with Crippen molar-refractivity contribution in [2.24, 2.45) is 5.92 Å². The molecule has 1 aliphatic rings. The molecule has 142 valence electrons. The predicted octanol–water partition coefficient (Wildman–Crippen LogP) is 3.17. The smallest absolute Gasteiger partial charge is 0.327 e. The lowest BCUT2D eigenvalue weighted by atomic mass is 10.1. The van der Waals surface area contributed by atoms with Gasteiger partial charge in [0.15, 0.2) is 0 Å². The third-order valence-electron chi connectivity index (χ3n) is 5.02. The Balaban J connectivity index is 1.73. The predicted molar refractivity (Wildman–Crippen MR) is 107 cm³/mol. The van der Waals surface area contributed by atoms with E-state index in [-0.39, 0.29) is 6.03 Å². The second-order valence-electron chi connectivity index (χ2n) is 7.50. The van der Waals surface area contributed by atoms with E-state index in [1.807, 2.05) is 12.1 Å². The summed E-state index contributed by atoms with van der Waals surface area (Å²) in [6.45, 7) is 12.6. The molecule has 6 heteroatoms. The molecule has 0 unspecified atom stereocenters. The summed E-state index contributed by atoms with van der Waals surface area (Å²) < 4.78 is 1.63. The summed E-state index contributed by atoms with van der Waals surface area (Å²) in [6.07, 6.45) is 3.82. The maximum Gasteiger partial charge on any atom is 0.327 e. The van der Waals surface area contributed by atoms with Crippen molar-refractivity contribution in [3.05, 3.63) is 24.5 Å². The molecule has 0 atom stereocenters. The van der Waals surface area contributed by atoms with Gasteiger partial charge < -0.3 is 10.2 Å². The molecule has 0 spiro atoms. The number of hydrogen-bond donors (Lipinski definition) is 1. The fraction of sp³-hybridized carbons (Fsp3) is 0.600. The fourth-order valence-corrected chi connectivity index (χ4v) is 3.52. The Labute approximate surface area is 156 Å². The van der Waals surface area contributed by atoms with Crippen LogP contribution in [0.1, 0.15) is 33.6 Å². The summed E-state index contributed by atoms with van der Waals surface area (Å²) in [7, 11) is 0. The minimum absolute atomic E-state index is 0.0990. The van der Waals surface area contributed by atoms with Crippen LogP contribution in [0, 0.1) is 5.92 Å². The summed E-state index contributed by atoms with van der Waals surface area (Å²) in [5, 5.41) is 2.99. The SMILES string of the molecule is CCCN1CCN(c2cccc3c2ncn3C(=O)NCCC(C)C)CC1. The minimum Gasteiger partial charge on any atom is -0.367 e. The van der Waals surface area contributed by atoms with Crippen LogP contribution < -0.4 is 10.2 Å². The standard InChI is InChI=1S/C20H31N5O/c1-4-10-23-11-13-24(14-12-23)17-6-5-7-18-19(17)22-15-25(18)20(26)21-9-8-16(2)3/h5-7,15-16H,4,8-14H2,1-3H3,(H,21,26). The van der Waals surface area contributed by atoms with E-state index in [1.54, 1.807) is 10.9 Å². The Morgan fingerprint density at radius 1 is 1.23 bits per heavy atom. The van der Waals surface area contributed by atoms with Crippen molar-refractivity contribution in [3.63, 3.8) is 0 Å². The molecule has 0 bridgehead atoms. The van der Waals surface area contributed by atoms with Gasteiger partial charge in [-0.25, -0.2) is 9.78 Å². The highest BCUT2D eigenvalue weighted by molar-refractivity contribution is 5.95. The first kappa shape index (κ1) is 18.7. The van der Waals surface area contributed by atoms with Crippen LogP contribution in [0.2, 0.25) is 0 Å². The maximum absolute atomic E-state index is 12.5. The first-order chi connectivity index (χ1) is 12.6. The molecule has 1 saturated heterocycles. The largest absolute Gasteiger partial charge is 0.367 e. The topological polar surface area (TPSA) is 53.4 Å². The van der Waals surface area contributed by atoms with Gasteiger partial charge in [-0.15, -0.1) is 0 Å². The molecule has 1 N–H and O–H groups in total. The Morgan fingerprint density at radius 2 is 2.00 bits per heavy atom. The molecule has 6 nitrogen and oxygen atoms in total. The van der Waals surface area contributed by atoms with E-state index in [0.29, 0.717) is 12.5 Å². The summed E-state index contributed by atoms with van der Waals surface area (Å²) in [4.78, 5) is 22.0. The number of amides is 1. The molecule has 2 heterocycles. The number of piperazine rings is 1. The molecule has 1 aromatic carbocycles. The van der Waals surface area contributed by atoms with Crippen LogP contribution in [0.25, 0.3) is 11.0 Å². The lowest BCUT2D eigenvalue weighted by Crippen LogP contribution is -2.46. The Morgan fingerprint density at radius 3 is 2.69 bits per heavy atom. The number of rotatable bonds is 6. The normalized spacial score (nSPS) is 15.8. The van der Waals surface area contributed by atoms with Gasteiger partial charge in [0.25, 0.3) is 0 Å². The average Bonchev–Trinajstić information content (AvgIpc) is 3.06. The van der Waals surface area contributed by atoms with E-state index in [0.717, 1.165) is 49.3 Å². The van der Waals surface area contributed by atoms with Crippen LogP contribution in [0.15, 0.2) is 24.5 Å². The van der Waals surface area contributed by atoms with E-state index in [2.05, 4.69) is 46.9 Å². The zero-order valence-electron chi connectivity index (χ0n) is 16.2. The van der Waals surface area contributed by atoms with Gasteiger partial charge in [-0.05, 0) is 37.4 Å². The molecule has 3 rings (SSSR count). The number of nitrogens with one attached hydrogen (secondary N) is 1. The highest BCUT2D eigenvalue weighted by atomic mass is 16.2. The highest BCUT2D eigenvalue weighted by Crippen LogP contribution is 2.26. The first-order valence-corrected chi connectivity index (χ1v) is 9.81. The third kappa shape index (κ3) is 4.18. The number of anilines is 1. The van der Waals surface area contributed by atoms with Gasteiger partial charge in [-0.2, -0.15) is 0 Å². The van der Waals surface area contributed by atoms with Crippen LogP contribution in [-0.2, 0) is 0 Å².